The van der Waals surface area contributed by atoms with Crippen molar-refractivity contribution >= 4 is 5.91 Å². The van der Waals surface area contributed by atoms with E-state index >= 15 is 0 Å². The van der Waals surface area contributed by atoms with E-state index in [1.54, 1.807) is 17.1 Å². The average molecular weight is 351 g/mol. The molecule has 0 aromatic carbocycles. The van der Waals surface area contributed by atoms with E-state index in [0.717, 1.165) is 29.1 Å². The van der Waals surface area contributed by atoms with Crippen molar-refractivity contribution in [1.29, 1.82) is 0 Å². The second-order valence-electron chi connectivity index (χ2n) is 8.73. The van der Waals surface area contributed by atoms with Crippen molar-refractivity contribution in [2.24, 2.45) is 23.2 Å². The van der Waals surface area contributed by atoms with Crippen molar-refractivity contribution in [3.8, 4) is 5.69 Å². The maximum absolute atomic E-state index is 12.6. The smallest absolute Gasteiger partial charge is 0.220 e. The number of aromatic nitrogens is 4. The predicted octanol–water partition coefficient (Wildman–Crippen LogP) is 2.89. The van der Waals surface area contributed by atoms with Crippen molar-refractivity contribution in [1.82, 2.24) is 25.3 Å². The van der Waals surface area contributed by atoms with Gasteiger partial charge in [-0.2, -0.15) is 0 Å². The molecular formula is C20H25N5O. The highest BCUT2D eigenvalue weighted by atomic mass is 16.1. The molecule has 1 amide bonds. The second-order valence-corrected chi connectivity index (χ2v) is 8.73. The van der Waals surface area contributed by atoms with Gasteiger partial charge in [0, 0.05) is 18.8 Å². The molecule has 0 spiro atoms. The molecule has 4 aliphatic carbocycles. The Kier molecular flexibility index (Phi) is 3.80. The summed E-state index contributed by atoms with van der Waals surface area (Å²) < 4.78 is 1.71. The molecule has 0 saturated heterocycles. The molecule has 26 heavy (non-hydrogen) atoms. The maximum Gasteiger partial charge on any atom is 0.220 e. The molecular weight excluding hydrogens is 326 g/mol. The molecule has 2 heterocycles. The number of carbonyl (C=O) groups is 1. The van der Waals surface area contributed by atoms with Crippen LogP contribution in [0, 0.1) is 23.2 Å². The molecule has 2 aromatic heterocycles. The van der Waals surface area contributed by atoms with Gasteiger partial charge in [-0.05, 0) is 73.8 Å². The van der Waals surface area contributed by atoms with Gasteiger partial charge >= 0.3 is 0 Å². The van der Waals surface area contributed by atoms with Crippen LogP contribution in [0.25, 0.3) is 5.69 Å². The zero-order valence-electron chi connectivity index (χ0n) is 15.0. The Morgan fingerprint density at radius 3 is 2.42 bits per heavy atom. The number of hydrogen-bond acceptors (Lipinski definition) is 4. The third-order valence-electron chi connectivity index (χ3n) is 6.64. The molecule has 4 saturated carbocycles. The third-order valence-corrected chi connectivity index (χ3v) is 6.64. The first-order chi connectivity index (χ1) is 12.7. The van der Waals surface area contributed by atoms with Crippen molar-refractivity contribution in [2.45, 2.75) is 51.5 Å². The lowest BCUT2D eigenvalue weighted by molar-refractivity contribution is -0.129. The van der Waals surface area contributed by atoms with E-state index in [1.807, 2.05) is 18.3 Å². The van der Waals surface area contributed by atoms with Crippen LogP contribution in [0.15, 0.2) is 30.7 Å². The number of nitrogens with zero attached hydrogens (tertiary/aromatic N) is 4. The summed E-state index contributed by atoms with van der Waals surface area (Å²) in [6.45, 7) is 0.441. The number of amides is 1. The summed E-state index contributed by atoms with van der Waals surface area (Å²) >= 11 is 0. The van der Waals surface area contributed by atoms with E-state index in [-0.39, 0.29) is 11.3 Å². The van der Waals surface area contributed by atoms with Gasteiger partial charge in [0.1, 0.15) is 5.69 Å². The lowest BCUT2D eigenvalue weighted by atomic mass is 9.49. The summed E-state index contributed by atoms with van der Waals surface area (Å²) in [5, 5.41) is 11.4. The van der Waals surface area contributed by atoms with Crippen LogP contribution in [0.5, 0.6) is 0 Å². The highest BCUT2D eigenvalue weighted by Gasteiger charge is 2.51. The fraction of sp³-hybridized carbons (Fsp3) is 0.600. The first-order valence-electron chi connectivity index (χ1n) is 9.76. The highest BCUT2D eigenvalue weighted by Crippen LogP contribution is 2.61. The van der Waals surface area contributed by atoms with Gasteiger partial charge in [0.05, 0.1) is 18.4 Å². The van der Waals surface area contributed by atoms with E-state index < -0.39 is 0 Å². The number of hydrogen-bond donors (Lipinski definition) is 1. The number of pyridine rings is 1. The Bertz CT molecular complexity index is 764. The van der Waals surface area contributed by atoms with Crippen LogP contribution in [0.1, 0.15) is 50.6 Å². The topological polar surface area (TPSA) is 72.7 Å². The van der Waals surface area contributed by atoms with Gasteiger partial charge in [-0.25, -0.2) is 4.68 Å². The first kappa shape index (κ1) is 16.0. The average Bonchev–Trinajstić information content (AvgIpc) is 3.08. The van der Waals surface area contributed by atoms with Gasteiger partial charge in [-0.15, -0.1) is 5.10 Å². The highest BCUT2D eigenvalue weighted by molar-refractivity contribution is 5.76. The van der Waals surface area contributed by atoms with Gasteiger partial charge in [0.25, 0.3) is 0 Å². The van der Waals surface area contributed by atoms with E-state index in [1.165, 1.54) is 38.5 Å². The Balaban J connectivity index is 1.19. The lowest BCUT2D eigenvalue weighted by Crippen LogP contribution is -2.47. The van der Waals surface area contributed by atoms with Gasteiger partial charge in [-0.3, -0.25) is 9.78 Å². The SMILES string of the molecule is O=C(CC12CC3CC(CC(C3)C1)C2)NCc1cn(-c2ccncc2)nn1. The Morgan fingerprint density at radius 1 is 1.12 bits per heavy atom. The van der Waals surface area contributed by atoms with Gasteiger partial charge < -0.3 is 5.32 Å². The van der Waals surface area contributed by atoms with Crippen molar-refractivity contribution in [3.63, 3.8) is 0 Å². The van der Waals surface area contributed by atoms with Crippen LogP contribution in [-0.2, 0) is 11.3 Å². The normalized spacial score (nSPS) is 31.9. The van der Waals surface area contributed by atoms with E-state index in [9.17, 15) is 4.79 Å². The summed E-state index contributed by atoms with van der Waals surface area (Å²) in [7, 11) is 0. The Morgan fingerprint density at radius 2 is 1.77 bits per heavy atom. The minimum Gasteiger partial charge on any atom is -0.350 e. The van der Waals surface area contributed by atoms with Crippen molar-refractivity contribution < 1.29 is 4.79 Å². The van der Waals surface area contributed by atoms with Crippen LogP contribution in [-0.4, -0.2) is 25.9 Å². The number of carbonyl (C=O) groups excluding carboxylic acids is 1. The largest absolute Gasteiger partial charge is 0.350 e. The molecule has 4 fully saturated rings. The minimum absolute atomic E-state index is 0.172. The predicted molar refractivity (Wildman–Crippen MR) is 96.2 cm³/mol. The van der Waals surface area contributed by atoms with Crippen LogP contribution < -0.4 is 5.32 Å². The number of nitrogens with one attached hydrogen (secondary N) is 1. The first-order valence-corrected chi connectivity index (χ1v) is 9.76. The van der Waals surface area contributed by atoms with Crippen molar-refractivity contribution in [2.75, 3.05) is 0 Å². The zero-order valence-corrected chi connectivity index (χ0v) is 15.0. The quantitative estimate of drug-likeness (QED) is 0.899. The lowest BCUT2D eigenvalue weighted by Gasteiger charge is -2.56. The molecule has 6 nitrogen and oxygen atoms in total. The fourth-order valence-electron chi connectivity index (χ4n) is 6.10. The van der Waals surface area contributed by atoms with Gasteiger partial charge in [0.15, 0.2) is 0 Å². The Labute approximate surface area is 153 Å². The molecule has 0 radical (unpaired) electrons. The van der Waals surface area contributed by atoms with E-state index in [2.05, 4.69) is 20.6 Å². The van der Waals surface area contributed by atoms with Crippen LogP contribution in [0.3, 0.4) is 0 Å². The molecule has 4 bridgehead atoms. The second kappa shape index (κ2) is 6.18. The maximum atomic E-state index is 12.6. The van der Waals surface area contributed by atoms with Crippen LogP contribution in [0.2, 0.25) is 0 Å². The van der Waals surface area contributed by atoms with E-state index in [0.29, 0.717) is 13.0 Å². The standard InChI is InChI=1S/C20H25N5O/c26-19(11-20-8-14-5-15(9-20)7-16(6-14)10-20)22-12-17-13-25(24-23-17)18-1-3-21-4-2-18/h1-4,13-16H,5-12H2,(H,22,26). The summed E-state index contributed by atoms with van der Waals surface area (Å²) in [6.07, 6.45) is 14.1. The van der Waals surface area contributed by atoms with Gasteiger partial charge in [0.2, 0.25) is 5.91 Å². The molecule has 0 atom stereocenters. The summed E-state index contributed by atoms with van der Waals surface area (Å²) in [5.41, 5.74) is 1.98. The summed E-state index contributed by atoms with van der Waals surface area (Å²) in [4.78, 5) is 16.6. The van der Waals surface area contributed by atoms with Crippen LogP contribution in [0.4, 0.5) is 0 Å². The molecule has 6 heteroatoms. The minimum atomic E-state index is 0.172. The molecule has 1 N–H and O–H groups in total. The number of rotatable bonds is 5. The van der Waals surface area contributed by atoms with Crippen molar-refractivity contribution in [3.05, 3.63) is 36.4 Å². The molecule has 0 aliphatic heterocycles. The monoisotopic (exact) mass is 351 g/mol. The molecule has 0 unspecified atom stereocenters. The molecule has 2 aromatic rings. The fourth-order valence-corrected chi connectivity index (χ4v) is 6.10. The van der Waals surface area contributed by atoms with Crippen LogP contribution >= 0.6 is 0 Å². The molecule has 136 valence electrons. The van der Waals surface area contributed by atoms with E-state index in [4.69, 9.17) is 0 Å². The zero-order chi connectivity index (χ0) is 17.6. The Hall–Kier alpha value is -2.24. The third kappa shape index (κ3) is 3.02. The molecule has 4 aliphatic rings. The van der Waals surface area contributed by atoms with Gasteiger partial charge in [-0.1, -0.05) is 5.21 Å². The summed E-state index contributed by atoms with van der Waals surface area (Å²) in [6, 6.07) is 3.76. The summed E-state index contributed by atoms with van der Waals surface area (Å²) in [5.74, 6) is 2.82. The molecule has 6 rings (SSSR count).